The molecule has 0 aromatic carbocycles. The van der Waals surface area contributed by atoms with E-state index in [1.165, 1.54) is 6.33 Å². The van der Waals surface area contributed by atoms with Crippen molar-refractivity contribution in [2.24, 2.45) is 0 Å². The first-order chi connectivity index (χ1) is 8.70. The molecule has 7 nitrogen and oxygen atoms in total. The quantitative estimate of drug-likeness (QED) is 0.802. The lowest BCUT2D eigenvalue weighted by Gasteiger charge is -2.13. The van der Waals surface area contributed by atoms with E-state index in [9.17, 15) is 5.11 Å². The largest absolute Gasteiger partial charge is 0.390 e. The zero-order valence-electron chi connectivity index (χ0n) is 10.0. The van der Waals surface area contributed by atoms with Gasteiger partial charge in [-0.15, -0.1) is 0 Å². The van der Waals surface area contributed by atoms with Gasteiger partial charge in [-0.25, -0.2) is 15.0 Å². The average molecular weight is 249 g/mol. The Morgan fingerprint density at radius 3 is 3.06 bits per heavy atom. The molecule has 18 heavy (non-hydrogen) atoms. The molecular weight excluding hydrogens is 234 g/mol. The predicted octanol–water partition coefficient (Wildman–Crippen LogP) is 0.467. The van der Waals surface area contributed by atoms with E-state index < -0.39 is 6.10 Å². The van der Waals surface area contributed by atoms with E-state index in [-0.39, 0.29) is 12.3 Å². The molecule has 0 aliphatic carbocycles. The Morgan fingerprint density at radius 1 is 1.50 bits per heavy atom. The smallest absolute Gasteiger partial charge is 0.167 e. The Hall–Kier alpha value is -1.73. The summed E-state index contributed by atoms with van der Waals surface area (Å²) in [4.78, 5) is 12.3. The Kier molecular flexibility index (Phi) is 2.64. The fourth-order valence-electron chi connectivity index (χ4n) is 2.33. The van der Waals surface area contributed by atoms with Gasteiger partial charge >= 0.3 is 0 Å². The molecule has 3 atom stereocenters. The molecule has 2 aromatic rings. The molecule has 3 heterocycles. The van der Waals surface area contributed by atoms with Crippen LogP contribution in [0.5, 0.6) is 0 Å². The van der Waals surface area contributed by atoms with E-state index in [0.717, 1.165) is 6.42 Å². The molecule has 0 saturated carbocycles. The van der Waals surface area contributed by atoms with E-state index >= 15 is 0 Å². The Labute approximate surface area is 104 Å². The molecule has 96 valence electrons. The van der Waals surface area contributed by atoms with Crippen LogP contribution < -0.4 is 5.73 Å². The van der Waals surface area contributed by atoms with Crippen LogP contribution in [0.15, 0.2) is 12.7 Å². The molecule has 0 bridgehead atoms. The molecule has 0 amide bonds. The summed E-state index contributed by atoms with van der Waals surface area (Å²) in [6.45, 7) is 1.99. The molecule has 1 aliphatic rings. The Bertz CT molecular complexity index is 570. The highest BCUT2D eigenvalue weighted by molar-refractivity contribution is 5.81. The molecule has 1 saturated heterocycles. The fourth-order valence-corrected chi connectivity index (χ4v) is 2.33. The van der Waals surface area contributed by atoms with Gasteiger partial charge in [-0.3, -0.25) is 4.57 Å². The summed E-state index contributed by atoms with van der Waals surface area (Å²) in [5, 5.41) is 9.87. The van der Waals surface area contributed by atoms with E-state index in [2.05, 4.69) is 15.0 Å². The Morgan fingerprint density at radius 2 is 2.33 bits per heavy atom. The maximum Gasteiger partial charge on any atom is 0.167 e. The molecule has 0 spiro atoms. The van der Waals surface area contributed by atoms with Crippen molar-refractivity contribution in [1.82, 2.24) is 19.5 Å². The van der Waals surface area contributed by atoms with Crippen molar-refractivity contribution in [3.05, 3.63) is 12.7 Å². The first-order valence-electron chi connectivity index (χ1n) is 5.97. The molecule has 1 aliphatic heterocycles. The highest BCUT2D eigenvalue weighted by Gasteiger charge is 2.34. The van der Waals surface area contributed by atoms with E-state index in [1.807, 2.05) is 6.92 Å². The SMILES string of the molecule is CC[C@@H]1O[C@H](n2cnc3c(N)ncnc32)C[C@H]1O. The Balaban J connectivity index is 1.99. The van der Waals surface area contributed by atoms with Gasteiger partial charge in [0.15, 0.2) is 11.5 Å². The van der Waals surface area contributed by atoms with Gasteiger partial charge in [0.25, 0.3) is 0 Å². The summed E-state index contributed by atoms with van der Waals surface area (Å²) in [5.74, 6) is 0.351. The average Bonchev–Trinajstić information content (AvgIpc) is 2.93. The van der Waals surface area contributed by atoms with Gasteiger partial charge in [-0.2, -0.15) is 0 Å². The second kappa shape index (κ2) is 4.18. The van der Waals surface area contributed by atoms with Crippen molar-refractivity contribution in [2.45, 2.75) is 38.2 Å². The molecule has 1 fully saturated rings. The maximum atomic E-state index is 9.87. The number of ether oxygens (including phenoxy) is 1. The number of anilines is 1. The van der Waals surface area contributed by atoms with E-state index in [1.54, 1.807) is 10.9 Å². The number of hydrogen-bond acceptors (Lipinski definition) is 6. The lowest BCUT2D eigenvalue weighted by Crippen LogP contribution is -2.19. The third-order valence-corrected chi connectivity index (χ3v) is 3.30. The number of aliphatic hydroxyl groups excluding tert-OH is 1. The number of fused-ring (bicyclic) bond motifs is 1. The third-order valence-electron chi connectivity index (χ3n) is 3.30. The predicted molar refractivity (Wildman–Crippen MR) is 64.6 cm³/mol. The number of nitrogens with two attached hydrogens (primary N) is 1. The molecular formula is C11H15N5O2. The van der Waals surface area contributed by atoms with Crippen molar-refractivity contribution in [1.29, 1.82) is 0 Å². The number of hydrogen-bond donors (Lipinski definition) is 2. The van der Waals surface area contributed by atoms with Crippen LogP contribution in [0.4, 0.5) is 5.82 Å². The van der Waals surface area contributed by atoms with Crippen molar-refractivity contribution in [2.75, 3.05) is 5.73 Å². The zero-order valence-corrected chi connectivity index (χ0v) is 10.0. The van der Waals surface area contributed by atoms with Crippen LogP contribution in [-0.4, -0.2) is 36.8 Å². The molecule has 0 radical (unpaired) electrons. The van der Waals surface area contributed by atoms with Crippen LogP contribution in [-0.2, 0) is 4.74 Å². The van der Waals surface area contributed by atoms with Crippen LogP contribution >= 0.6 is 0 Å². The minimum absolute atomic E-state index is 0.133. The van der Waals surface area contributed by atoms with Gasteiger partial charge in [0.2, 0.25) is 0 Å². The van der Waals surface area contributed by atoms with Gasteiger partial charge in [0.05, 0.1) is 18.5 Å². The lowest BCUT2D eigenvalue weighted by atomic mass is 10.1. The summed E-state index contributed by atoms with van der Waals surface area (Å²) in [6, 6.07) is 0. The minimum Gasteiger partial charge on any atom is -0.390 e. The summed E-state index contributed by atoms with van der Waals surface area (Å²) in [7, 11) is 0. The molecule has 2 aromatic heterocycles. The normalized spacial score (nSPS) is 28.0. The minimum atomic E-state index is -0.448. The second-order valence-corrected chi connectivity index (χ2v) is 4.42. The highest BCUT2D eigenvalue weighted by atomic mass is 16.5. The van der Waals surface area contributed by atoms with Crippen molar-refractivity contribution in [3.8, 4) is 0 Å². The first kappa shape index (κ1) is 11.4. The van der Waals surface area contributed by atoms with Crippen molar-refractivity contribution >= 4 is 17.0 Å². The first-order valence-corrected chi connectivity index (χ1v) is 5.97. The number of rotatable bonds is 2. The number of aliphatic hydroxyl groups is 1. The van der Waals surface area contributed by atoms with Gasteiger partial charge < -0.3 is 15.6 Å². The van der Waals surface area contributed by atoms with Gasteiger partial charge in [0, 0.05) is 6.42 Å². The number of nitrogen functional groups attached to an aromatic ring is 1. The van der Waals surface area contributed by atoms with Crippen molar-refractivity contribution < 1.29 is 9.84 Å². The van der Waals surface area contributed by atoms with E-state index in [4.69, 9.17) is 10.5 Å². The molecule has 3 rings (SSSR count). The number of nitrogens with zero attached hydrogens (tertiary/aromatic N) is 4. The highest BCUT2D eigenvalue weighted by Crippen LogP contribution is 2.32. The summed E-state index contributed by atoms with van der Waals surface area (Å²) >= 11 is 0. The zero-order chi connectivity index (χ0) is 12.7. The number of imidazole rings is 1. The topological polar surface area (TPSA) is 99.1 Å². The van der Waals surface area contributed by atoms with Crippen LogP contribution in [0.1, 0.15) is 26.0 Å². The van der Waals surface area contributed by atoms with Crippen LogP contribution in [0.25, 0.3) is 11.2 Å². The van der Waals surface area contributed by atoms with Gasteiger partial charge in [0.1, 0.15) is 18.1 Å². The number of aromatic nitrogens is 4. The standard InChI is InChI=1S/C11H15N5O2/c1-2-7-6(17)3-8(18-7)16-5-15-9-10(12)13-4-14-11(9)16/h4-8,17H,2-3H2,1H3,(H2,12,13,14)/t6-,7+,8+/m1/s1. The van der Waals surface area contributed by atoms with Crippen molar-refractivity contribution in [3.63, 3.8) is 0 Å². The lowest BCUT2D eigenvalue weighted by molar-refractivity contribution is -0.0183. The van der Waals surface area contributed by atoms with E-state index in [0.29, 0.717) is 23.4 Å². The molecule has 0 unspecified atom stereocenters. The van der Waals surface area contributed by atoms with Gasteiger partial charge in [-0.05, 0) is 6.42 Å². The molecule has 3 N–H and O–H groups in total. The second-order valence-electron chi connectivity index (χ2n) is 4.42. The maximum absolute atomic E-state index is 9.87. The van der Waals surface area contributed by atoms with Gasteiger partial charge in [-0.1, -0.05) is 6.92 Å². The summed E-state index contributed by atoms with van der Waals surface area (Å²) < 4.78 is 7.58. The third kappa shape index (κ3) is 1.63. The molecule has 7 heteroatoms. The summed E-state index contributed by atoms with van der Waals surface area (Å²) in [5.41, 5.74) is 6.93. The van der Waals surface area contributed by atoms with Crippen LogP contribution in [0.3, 0.4) is 0 Å². The fraction of sp³-hybridized carbons (Fsp3) is 0.545. The van der Waals surface area contributed by atoms with Crippen LogP contribution in [0.2, 0.25) is 0 Å². The monoisotopic (exact) mass is 249 g/mol. The van der Waals surface area contributed by atoms with Crippen LogP contribution in [0, 0.1) is 0 Å². The summed E-state index contributed by atoms with van der Waals surface area (Å²) in [6.07, 6.45) is 3.52.